The Morgan fingerprint density at radius 1 is 1.62 bits per heavy atom. The number of nitrogens with two attached hydrogens (primary N) is 1. The number of pyridine rings is 1. The van der Waals surface area contributed by atoms with Crippen molar-refractivity contribution in [1.29, 1.82) is 0 Å². The van der Waals surface area contributed by atoms with Crippen molar-refractivity contribution in [2.45, 2.75) is 32.3 Å². The number of hydrogen-bond donors (Lipinski definition) is 2. The molecule has 3 N–H and O–H groups in total. The van der Waals surface area contributed by atoms with Gasteiger partial charge in [-0.2, -0.15) is 0 Å². The molecule has 0 aromatic carbocycles. The molecule has 3 heteroatoms. The summed E-state index contributed by atoms with van der Waals surface area (Å²) in [5.74, 6) is 0.526. The van der Waals surface area contributed by atoms with Gasteiger partial charge in [0.1, 0.15) is 5.82 Å². The monoisotopic (exact) mass is 180 g/mol. The molecule has 1 heterocycles. The zero-order valence-electron chi connectivity index (χ0n) is 7.90. The molecule has 0 amide bonds. The molecule has 0 aliphatic rings. The van der Waals surface area contributed by atoms with Crippen LogP contribution in [-0.4, -0.2) is 16.2 Å². The van der Waals surface area contributed by atoms with Gasteiger partial charge >= 0.3 is 0 Å². The zero-order valence-corrected chi connectivity index (χ0v) is 7.90. The number of nitrogen functional groups attached to an aromatic ring is 1. The van der Waals surface area contributed by atoms with Crippen molar-refractivity contribution in [3.8, 4) is 0 Å². The third-order valence-corrected chi connectivity index (χ3v) is 2.00. The highest BCUT2D eigenvalue weighted by Gasteiger charge is 2.06. The lowest BCUT2D eigenvalue weighted by Crippen LogP contribution is -2.11. The first-order valence-corrected chi connectivity index (χ1v) is 4.61. The lowest BCUT2D eigenvalue weighted by atomic mass is 10.1. The van der Waals surface area contributed by atoms with Gasteiger partial charge in [0.2, 0.25) is 0 Å². The SMILES string of the molecule is CCCC(O)Cc1cccnc1N. The molecule has 0 saturated carbocycles. The maximum atomic E-state index is 9.54. The van der Waals surface area contributed by atoms with Gasteiger partial charge in [0.25, 0.3) is 0 Å². The van der Waals surface area contributed by atoms with Crippen molar-refractivity contribution in [3.63, 3.8) is 0 Å². The summed E-state index contributed by atoms with van der Waals surface area (Å²) >= 11 is 0. The molecule has 1 aromatic heterocycles. The first kappa shape index (κ1) is 9.99. The fraction of sp³-hybridized carbons (Fsp3) is 0.500. The largest absolute Gasteiger partial charge is 0.393 e. The van der Waals surface area contributed by atoms with E-state index in [-0.39, 0.29) is 6.10 Å². The number of aliphatic hydroxyl groups is 1. The van der Waals surface area contributed by atoms with Gasteiger partial charge in [-0.15, -0.1) is 0 Å². The van der Waals surface area contributed by atoms with E-state index in [1.165, 1.54) is 0 Å². The molecule has 13 heavy (non-hydrogen) atoms. The third kappa shape index (κ3) is 3.03. The molecule has 0 aliphatic carbocycles. The average Bonchev–Trinajstić information content (AvgIpc) is 2.09. The molecular weight excluding hydrogens is 164 g/mol. The number of nitrogens with zero attached hydrogens (tertiary/aromatic N) is 1. The molecule has 1 rings (SSSR count). The highest BCUT2D eigenvalue weighted by atomic mass is 16.3. The predicted molar refractivity (Wildman–Crippen MR) is 53.3 cm³/mol. The molecule has 0 aliphatic heterocycles. The van der Waals surface area contributed by atoms with Crippen LogP contribution in [-0.2, 0) is 6.42 Å². The van der Waals surface area contributed by atoms with E-state index in [0.29, 0.717) is 12.2 Å². The summed E-state index contributed by atoms with van der Waals surface area (Å²) in [4.78, 5) is 3.96. The van der Waals surface area contributed by atoms with Gasteiger partial charge in [-0.05, 0) is 18.1 Å². The van der Waals surface area contributed by atoms with Crippen LogP contribution in [0.3, 0.4) is 0 Å². The van der Waals surface area contributed by atoms with Crippen LogP contribution in [0.25, 0.3) is 0 Å². The van der Waals surface area contributed by atoms with E-state index >= 15 is 0 Å². The van der Waals surface area contributed by atoms with Gasteiger partial charge in [-0.25, -0.2) is 4.98 Å². The Kier molecular flexibility index (Phi) is 3.71. The smallest absolute Gasteiger partial charge is 0.126 e. The second kappa shape index (κ2) is 4.82. The van der Waals surface area contributed by atoms with Gasteiger partial charge in [0.05, 0.1) is 6.10 Å². The minimum Gasteiger partial charge on any atom is -0.393 e. The molecule has 0 radical (unpaired) electrons. The minimum absolute atomic E-state index is 0.295. The van der Waals surface area contributed by atoms with Crippen LogP contribution in [0.15, 0.2) is 18.3 Å². The van der Waals surface area contributed by atoms with E-state index in [1.807, 2.05) is 12.1 Å². The molecule has 0 spiro atoms. The molecule has 72 valence electrons. The summed E-state index contributed by atoms with van der Waals surface area (Å²) in [5.41, 5.74) is 6.58. The van der Waals surface area contributed by atoms with Crippen molar-refractivity contribution >= 4 is 5.82 Å². The molecule has 0 bridgehead atoms. The Hall–Kier alpha value is -1.09. The van der Waals surface area contributed by atoms with E-state index in [0.717, 1.165) is 18.4 Å². The predicted octanol–water partition coefficient (Wildman–Crippen LogP) is 1.37. The fourth-order valence-electron chi connectivity index (χ4n) is 1.31. The average molecular weight is 180 g/mol. The minimum atomic E-state index is -0.295. The third-order valence-electron chi connectivity index (χ3n) is 2.00. The number of hydrogen-bond acceptors (Lipinski definition) is 3. The molecular formula is C10H16N2O. The number of aliphatic hydroxyl groups excluding tert-OH is 1. The van der Waals surface area contributed by atoms with Crippen molar-refractivity contribution in [2.24, 2.45) is 0 Å². The molecule has 1 unspecified atom stereocenters. The van der Waals surface area contributed by atoms with Crippen LogP contribution in [0.5, 0.6) is 0 Å². The lowest BCUT2D eigenvalue weighted by Gasteiger charge is -2.09. The van der Waals surface area contributed by atoms with Crippen LogP contribution in [0.4, 0.5) is 5.82 Å². The Morgan fingerprint density at radius 2 is 2.38 bits per heavy atom. The summed E-state index contributed by atoms with van der Waals surface area (Å²) in [6.45, 7) is 2.05. The Bertz CT molecular complexity index is 263. The van der Waals surface area contributed by atoms with Crippen LogP contribution in [0, 0.1) is 0 Å². The quantitative estimate of drug-likeness (QED) is 0.735. The van der Waals surface area contributed by atoms with E-state index in [9.17, 15) is 5.11 Å². The van der Waals surface area contributed by atoms with E-state index in [1.54, 1.807) is 6.20 Å². The zero-order chi connectivity index (χ0) is 9.68. The second-order valence-corrected chi connectivity index (χ2v) is 3.19. The molecule has 3 nitrogen and oxygen atoms in total. The van der Waals surface area contributed by atoms with Gasteiger partial charge in [-0.1, -0.05) is 19.4 Å². The Labute approximate surface area is 78.6 Å². The number of rotatable bonds is 4. The Morgan fingerprint density at radius 3 is 3.00 bits per heavy atom. The van der Waals surface area contributed by atoms with Crippen LogP contribution >= 0.6 is 0 Å². The topological polar surface area (TPSA) is 59.1 Å². The maximum Gasteiger partial charge on any atom is 0.126 e. The molecule has 0 fully saturated rings. The number of aromatic nitrogens is 1. The van der Waals surface area contributed by atoms with Crippen LogP contribution < -0.4 is 5.73 Å². The van der Waals surface area contributed by atoms with Crippen molar-refractivity contribution < 1.29 is 5.11 Å². The number of anilines is 1. The van der Waals surface area contributed by atoms with Gasteiger partial charge in [0.15, 0.2) is 0 Å². The summed E-state index contributed by atoms with van der Waals surface area (Å²) < 4.78 is 0. The van der Waals surface area contributed by atoms with Crippen molar-refractivity contribution in [2.75, 3.05) is 5.73 Å². The molecule has 0 saturated heterocycles. The van der Waals surface area contributed by atoms with Crippen molar-refractivity contribution in [3.05, 3.63) is 23.9 Å². The molecule has 1 aromatic rings. The van der Waals surface area contributed by atoms with Crippen LogP contribution in [0.1, 0.15) is 25.3 Å². The highest BCUT2D eigenvalue weighted by Crippen LogP contribution is 2.11. The standard InChI is InChI=1S/C10H16N2O/c1-2-4-9(13)7-8-5-3-6-12-10(8)11/h3,5-6,9,13H,2,4,7H2,1H3,(H2,11,12). The van der Waals surface area contributed by atoms with Gasteiger partial charge < -0.3 is 10.8 Å². The van der Waals surface area contributed by atoms with Gasteiger partial charge in [0, 0.05) is 12.6 Å². The normalized spacial score (nSPS) is 12.8. The maximum absolute atomic E-state index is 9.54. The first-order chi connectivity index (χ1) is 6.24. The fourth-order valence-corrected chi connectivity index (χ4v) is 1.31. The highest BCUT2D eigenvalue weighted by molar-refractivity contribution is 5.38. The summed E-state index contributed by atoms with van der Waals surface area (Å²) in [5, 5.41) is 9.54. The van der Waals surface area contributed by atoms with Crippen molar-refractivity contribution in [1.82, 2.24) is 4.98 Å². The van der Waals surface area contributed by atoms with E-state index < -0.39 is 0 Å². The lowest BCUT2D eigenvalue weighted by molar-refractivity contribution is 0.164. The van der Waals surface area contributed by atoms with Crippen LogP contribution in [0.2, 0.25) is 0 Å². The van der Waals surface area contributed by atoms with E-state index in [4.69, 9.17) is 5.73 Å². The Balaban J connectivity index is 2.58. The first-order valence-electron chi connectivity index (χ1n) is 4.61. The summed E-state index contributed by atoms with van der Waals surface area (Å²) in [6, 6.07) is 3.74. The molecule has 1 atom stereocenters. The second-order valence-electron chi connectivity index (χ2n) is 3.19. The summed E-state index contributed by atoms with van der Waals surface area (Å²) in [6.07, 6.45) is 3.77. The van der Waals surface area contributed by atoms with E-state index in [2.05, 4.69) is 11.9 Å². The summed E-state index contributed by atoms with van der Waals surface area (Å²) in [7, 11) is 0. The van der Waals surface area contributed by atoms with Gasteiger partial charge in [-0.3, -0.25) is 0 Å².